The molecule has 1 aliphatic rings. The first-order valence-corrected chi connectivity index (χ1v) is 5.16. The fraction of sp³-hybridized carbons (Fsp3) is 0.545. The number of rotatable bonds is 2. The van der Waals surface area contributed by atoms with Crippen molar-refractivity contribution in [3.63, 3.8) is 0 Å². The molecule has 15 heavy (non-hydrogen) atoms. The SMILES string of the molecule is COc1ccc(C2CC(N)CCO2)cn1. The van der Waals surface area contributed by atoms with E-state index in [2.05, 4.69) is 4.98 Å². The van der Waals surface area contributed by atoms with Crippen molar-refractivity contribution in [2.75, 3.05) is 13.7 Å². The molecule has 1 aromatic heterocycles. The molecule has 2 heterocycles. The van der Waals surface area contributed by atoms with Crippen molar-refractivity contribution >= 4 is 0 Å². The highest BCUT2D eigenvalue weighted by Gasteiger charge is 2.21. The van der Waals surface area contributed by atoms with E-state index in [0.29, 0.717) is 5.88 Å². The summed E-state index contributed by atoms with van der Waals surface area (Å²) in [5.74, 6) is 0.624. The van der Waals surface area contributed by atoms with Crippen LogP contribution in [0.15, 0.2) is 18.3 Å². The van der Waals surface area contributed by atoms with E-state index >= 15 is 0 Å². The molecule has 1 fully saturated rings. The smallest absolute Gasteiger partial charge is 0.212 e. The van der Waals surface area contributed by atoms with Gasteiger partial charge in [0.15, 0.2) is 0 Å². The molecule has 0 aliphatic carbocycles. The van der Waals surface area contributed by atoms with Gasteiger partial charge >= 0.3 is 0 Å². The van der Waals surface area contributed by atoms with Crippen LogP contribution in [-0.2, 0) is 4.74 Å². The van der Waals surface area contributed by atoms with Crippen LogP contribution in [0.2, 0.25) is 0 Å². The zero-order valence-corrected chi connectivity index (χ0v) is 8.85. The molecule has 2 N–H and O–H groups in total. The summed E-state index contributed by atoms with van der Waals surface area (Å²) in [4.78, 5) is 4.15. The molecule has 0 spiro atoms. The van der Waals surface area contributed by atoms with Crippen LogP contribution in [0.1, 0.15) is 24.5 Å². The highest BCUT2D eigenvalue weighted by Crippen LogP contribution is 2.27. The largest absolute Gasteiger partial charge is 0.481 e. The Bertz CT molecular complexity index is 313. The summed E-state index contributed by atoms with van der Waals surface area (Å²) in [5.41, 5.74) is 6.97. The first-order valence-electron chi connectivity index (χ1n) is 5.16. The van der Waals surface area contributed by atoms with Crippen molar-refractivity contribution in [2.45, 2.75) is 25.0 Å². The van der Waals surface area contributed by atoms with Crippen LogP contribution >= 0.6 is 0 Å². The number of methoxy groups -OCH3 is 1. The van der Waals surface area contributed by atoms with E-state index in [1.54, 1.807) is 13.3 Å². The minimum Gasteiger partial charge on any atom is -0.481 e. The Hall–Kier alpha value is -1.13. The van der Waals surface area contributed by atoms with Crippen molar-refractivity contribution in [2.24, 2.45) is 5.73 Å². The Kier molecular flexibility index (Phi) is 3.18. The molecule has 0 amide bonds. The van der Waals surface area contributed by atoms with Gasteiger partial charge in [-0.1, -0.05) is 0 Å². The summed E-state index contributed by atoms with van der Waals surface area (Å²) in [5, 5.41) is 0. The van der Waals surface area contributed by atoms with Crippen LogP contribution < -0.4 is 10.5 Å². The highest BCUT2D eigenvalue weighted by molar-refractivity contribution is 5.20. The van der Waals surface area contributed by atoms with Crippen LogP contribution in [0, 0.1) is 0 Å². The molecule has 82 valence electrons. The lowest BCUT2D eigenvalue weighted by Gasteiger charge is -2.27. The third-order valence-electron chi connectivity index (χ3n) is 2.66. The normalized spacial score (nSPS) is 26.3. The molecular formula is C11H16N2O2. The lowest BCUT2D eigenvalue weighted by Crippen LogP contribution is -2.30. The van der Waals surface area contributed by atoms with Crippen molar-refractivity contribution in [3.8, 4) is 5.88 Å². The summed E-state index contributed by atoms with van der Waals surface area (Å²) in [6, 6.07) is 4.07. The van der Waals surface area contributed by atoms with Crippen molar-refractivity contribution < 1.29 is 9.47 Å². The van der Waals surface area contributed by atoms with Gasteiger partial charge in [0, 0.05) is 24.9 Å². The summed E-state index contributed by atoms with van der Waals surface area (Å²) in [7, 11) is 1.61. The van der Waals surface area contributed by atoms with E-state index in [4.69, 9.17) is 15.2 Å². The van der Waals surface area contributed by atoms with Crippen molar-refractivity contribution in [1.82, 2.24) is 4.98 Å². The third-order valence-corrected chi connectivity index (χ3v) is 2.66. The van der Waals surface area contributed by atoms with Crippen LogP contribution in [0.5, 0.6) is 5.88 Å². The van der Waals surface area contributed by atoms with E-state index in [1.165, 1.54) is 0 Å². The van der Waals surface area contributed by atoms with Gasteiger partial charge in [-0.25, -0.2) is 4.98 Å². The molecule has 2 rings (SSSR count). The Labute approximate surface area is 89.4 Å². The number of nitrogens with zero attached hydrogens (tertiary/aromatic N) is 1. The van der Waals surface area contributed by atoms with E-state index in [9.17, 15) is 0 Å². The number of aromatic nitrogens is 1. The number of pyridine rings is 1. The molecule has 0 aromatic carbocycles. The standard InChI is InChI=1S/C11H16N2O2/c1-14-11-3-2-8(7-13-11)10-6-9(12)4-5-15-10/h2-3,7,9-10H,4-6,12H2,1H3. The molecule has 0 saturated carbocycles. The van der Waals surface area contributed by atoms with Gasteiger partial charge in [0.05, 0.1) is 13.2 Å². The molecule has 4 heteroatoms. The minimum atomic E-state index is 0.0900. The zero-order chi connectivity index (χ0) is 10.7. The molecule has 2 atom stereocenters. The van der Waals surface area contributed by atoms with E-state index in [0.717, 1.165) is 25.0 Å². The summed E-state index contributed by atoms with van der Waals surface area (Å²) < 4.78 is 10.6. The molecule has 0 radical (unpaired) electrons. The maximum absolute atomic E-state index is 5.89. The average Bonchev–Trinajstić information content (AvgIpc) is 2.29. The van der Waals surface area contributed by atoms with Gasteiger partial charge in [-0.05, 0) is 24.5 Å². The van der Waals surface area contributed by atoms with Gasteiger partial charge in [-0.3, -0.25) is 0 Å². The van der Waals surface area contributed by atoms with Crippen LogP contribution in [0.4, 0.5) is 0 Å². The van der Waals surface area contributed by atoms with Crippen LogP contribution in [0.3, 0.4) is 0 Å². The third kappa shape index (κ3) is 2.46. The van der Waals surface area contributed by atoms with Crippen LogP contribution in [-0.4, -0.2) is 24.7 Å². The fourth-order valence-corrected chi connectivity index (χ4v) is 1.76. The van der Waals surface area contributed by atoms with E-state index in [-0.39, 0.29) is 12.1 Å². The molecule has 0 bridgehead atoms. The van der Waals surface area contributed by atoms with Gasteiger partial charge in [-0.15, -0.1) is 0 Å². The number of hydrogen-bond acceptors (Lipinski definition) is 4. The van der Waals surface area contributed by atoms with Crippen molar-refractivity contribution in [1.29, 1.82) is 0 Å². The van der Waals surface area contributed by atoms with E-state index in [1.807, 2.05) is 12.1 Å². The first-order chi connectivity index (χ1) is 7.29. The van der Waals surface area contributed by atoms with Gasteiger partial charge in [-0.2, -0.15) is 0 Å². The topological polar surface area (TPSA) is 57.4 Å². The maximum atomic E-state index is 5.89. The lowest BCUT2D eigenvalue weighted by atomic mass is 9.99. The molecule has 1 saturated heterocycles. The van der Waals surface area contributed by atoms with Gasteiger partial charge < -0.3 is 15.2 Å². The Morgan fingerprint density at radius 2 is 2.40 bits per heavy atom. The maximum Gasteiger partial charge on any atom is 0.212 e. The molecule has 4 nitrogen and oxygen atoms in total. The Balaban J connectivity index is 2.07. The second-order valence-electron chi connectivity index (χ2n) is 3.78. The molecule has 1 aliphatic heterocycles. The monoisotopic (exact) mass is 208 g/mol. The second kappa shape index (κ2) is 4.59. The average molecular weight is 208 g/mol. The minimum absolute atomic E-state index is 0.0900. The number of ether oxygens (including phenoxy) is 2. The molecule has 2 unspecified atom stereocenters. The molecule has 1 aromatic rings. The van der Waals surface area contributed by atoms with Gasteiger partial charge in [0.1, 0.15) is 0 Å². The highest BCUT2D eigenvalue weighted by atomic mass is 16.5. The summed E-state index contributed by atoms with van der Waals surface area (Å²) >= 11 is 0. The lowest BCUT2D eigenvalue weighted by molar-refractivity contribution is 0.00645. The van der Waals surface area contributed by atoms with Gasteiger partial charge in [0.25, 0.3) is 0 Å². The second-order valence-corrected chi connectivity index (χ2v) is 3.78. The van der Waals surface area contributed by atoms with E-state index < -0.39 is 0 Å². The van der Waals surface area contributed by atoms with Crippen molar-refractivity contribution in [3.05, 3.63) is 23.9 Å². The van der Waals surface area contributed by atoms with Crippen LogP contribution in [0.25, 0.3) is 0 Å². The fourth-order valence-electron chi connectivity index (χ4n) is 1.76. The first kappa shape index (κ1) is 10.4. The summed E-state index contributed by atoms with van der Waals surface area (Å²) in [6.07, 6.45) is 3.70. The quantitative estimate of drug-likeness (QED) is 0.795. The number of nitrogens with two attached hydrogens (primary N) is 1. The number of hydrogen-bond donors (Lipinski definition) is 1. The predicted molar refractivity (Wildman–Crippen MR) is 56.7 cm³/mol. The predicted octanol–water partition coefficient (Wildman–Crippen LogP) is 1.27. The zero-order valence-electron chi connectivity index (χ0n) is 8.85. The van der Waals surface area contributed by atoms with Gasteiger partial charge in [0.2, 0.25) is 5.88 Å². The molecular weight excluding hydrogens is 192 g/mol. The summed E-state index contributed by atoms with van der Waals surface area (Å²) in [6.45, 7) is 0.734. The Morgan fingerprint density at radius 3 is 3.00 bits per heavy atom. The Morgan fingerprint density at radius 1 is 1.53 bits per heavy atom.